The van der Waals surface area contributed by atoms with Crippen LogP contribution in [0.5, 0.6) is 11.5 Å². The predicted molar refractivity (Wildman–Crippen MR) is 123 cm³/mol. The molecule has 2 aromatic carbocycles. The molecule has 6 heteroatoms. The summed E-state index contributed by atoms with van der Waals surface area (Å²) in [4.78, 5) is 5.66. The molecule has 3 aromatic rings. The van der Waals surface area contributed by atoms with Crippen LogP contribution in [0.15, 0.2) is 45.8 Å². The second-order valence-corrected chi connectivity index (χ2v) is 8.67. The lowest BCUT2D eigenvalue weighted by molar-refractivity contribution is 0.171. The Morgan fingerprint density at radius 1 is 0.967 bits per heavy atom. The number of thiazole rings is 1. The van der Waals surface area contributed by atoms with Crippen LogP contribution in [0.2, 0.25) is 0 Å². The van der Waals surface area contributed by atoms with Gasteiger partial charge in [-0.2, -0.15) is 5.10 Å². The molecule has 0 saturated carbocycles. The van der Waals surface area contributed by atoms with E-state index in [2.05, 4.69) is 52.1 Å². The van der Waals surface area contributed by atoms with E-state index in [9.17, 15) is 0 Å². The number of aromatic nitrogens is 1. The van der Waals surface area contributed by atoms with Crippen LogP contribution in [0.25, 0.3) is 11.3 Å². The number of ether oxygens (including phenoxy) is 2. The SMILES string of the molecule is Cc1cc(C)c(-c2csc(=NC(C)C)n2N=Cc2ccc3c(c2)OCCO3)cc1C. The number of aryl methyl sites for hydroxylation is 3. The molecule has 0 spiro atoms. The third-order valence-electron chi connectivity index (χ3n) is 5.06. The zero-order chi connectivity index (χ0) is 21.3. The Hall–Kier alpha value is -2.86. The number of benzene rings is 2. The van der Waals surface area contributed by atoms with Gasteiger partial charge in [0.1, 0.15) is 13.2 Å². The van der Waals surface area contributed by atoms with Crippen molar-refractivity contribution in [2.45, 2.75) is 40.7 Å². The van der Waals surface area contributed by atoms with Crippen LogP contribution in [0.1, 0.15) is 36.1 Å². The molecule has 30 heavy (non-hydrogen) atoms. The maximum atomic E-state index is 5.70. The number of nitrogens with zero attached hydrogens (tertiary/aromatic N) is 3. The molecule has 0 bridgehead atoms. The Morgan fingerprint density at radius 2 is 1.70 bits per heavy atom. The smallest absolute Gasteiger partial charge is 0.206 e. The van der Waals surface area contributed by atoms with E-state index in [1.165, 1.54) is 22.3 Å². The van der Waals surface area contributed by atoms with Gasteiger partial charge in [-0.25, -0.2) is 4.68 Å². The second kappa shape index (κ2) is 8.48. The van der Waals surface area contributed by atoms with Crippen molar-refractivity contribution < 1.29 is 9.47 Å². The van der Waals surface area contributed by atoms with Crippen molar-refractivity contribution in [3.63, 3.8) is 0 Å². The van der Waals surface area contributed by atoms with Gasteiger partial charge < -0.3 is 9.47 Å². The van der Waals surface area contributed by atoms with Crippen molar-refractivity contribution in [2.24, 2.45) is 10.1 Å². The molecular weight excluding hydrogens is 394 g/mol. The summed E-state index contributed by atoms with van der Waals surface area (Å²) in [5.41, 5.74) is 6.98. The standard InChI is InChI=1S/C24H27N3O2S/c1-15(2)26-24-27(21(14-30-24)20-11-17(4)16(3)10-18(20)5)25-13-19-6-7-22-23(12-19)29-9-8-28-22/h6-7,10-15H,8-9H2,1-5H3. The fourth-order valence-electron chi connectivity index (χ4n) is 3.41. The van der Waals surface area contributed by atoms with Gasteiger partial charge in [0.15, 0.2) is 11.5 Å². The van der Waals surface area contributed by atoms with Gasteiger partial charge in [0.2, 0.25) is 4.80 Å². The number of fused-ring (bicyclic) bond motifs is 1. The van der Waals surface area contributed by atoms with Crippen LogP contribution < -0.4 is 14.3 Å². The summed E-state index contributed by atoms with van der Waals surface area (Å²) in [6, 6.07) is 10.5. The zero-order valence-corrected chi connectivity index (χ0v) is 18.9. The monoisotopic (exact) mass is 421 g/mol. The first-order chi connectivity index (χ1) is 14.4. The molecule has 0 aliphatic carbocycles. The molecule has 156 valence electrons. The second-order valence-electron chi connectivity index (χ2n) is 7.84. The van der Waals surface area contributed by atoms with Crippen molar-refractivity contribution in [1.82, 2.24) is 4.68 Å². The van der Waals surface area contributed by atoms with Crippen LogP contribution in [-0.4, -0.2) is 30.1 Å². The van der Waals surface area contributed by atoms with Gasteiger partial charge in [0.25, 0.3) is 0 Å². The lowest BCUT2D eigenvalue weighted by Gasteiger charge is -2.18. The Kier molecular flexibility index (Phi) is 5.77. The third-order valence-corrected chi connectivity index (χ3v) is 5.89. The van der Waals surface area contributed by atoms with Gasteiger partial charge in [0, 0.05) is 17.0 Å². The third kappa shape index (κ3) is 4.19. The van der Waals surface area contributed by atoms with Crippen molar-refractivity contribution in [3.8, 4) is 22.8 Å². The highest BCUT2D eigenvalue weighted by Crippen LogP contribution is 2.30. The maximum absolute atomic E-state index is 5.70. The summed E-state index contributed by atoms with van der Waals surface area (Å²) in [5, 5.41) is 6.96. The maximum Gasteiger partial charge on any atom is 0.206 e. The van der Waals surface area contributed by atoms with Gasteiger partial charge in [-0.05, 0) is 81.1 Å². The fourth-order valence-corrected chi connectivity index (χ4v) is 4.37. The molecule has 1 aliphatic heterocycles. The summed E-state index contributed by atoms with van der Waals surface area (Å²) in [6.07, 6.45) is 1.85. The largest absolute Gasteiger partial charge is 0.486 e. The molecule has 0 radical (unpaired) electrons. The van der Waals surface area contributed by atoms with Gasteiger partial charge in [-0.3, -0.25) is 4.99 Å². The van der Waals surface area contributed by atoms with Crippen molar-refractivity contribution in [1.29, 1.82) is 0 Å². The van der Waals surface area contributed by atoms with E-state index in [0.29, 0.717) is 13.2 Å². The minimum Gasteiger partial charge on any atom is -0.486 e. The molecule has 0 N–H and O–H groups in total. The van der Waals surface area contributed by atoms with E-state index in [1.807, 2.05) is 29.1 Å². The lowest BCUT2D eigenvalue weighted by atomic mass is 9.99. The number of hydrogen-bond donors (Lipinski definition) is 0. The van der Waals surface area contributed by atoms with E-state index >= 15 is 0 Å². The van der Waals surface area contributed by atoms with Crippen LogP contribution >= 0.6 is 11.3 Å². The number of rotatable bonds is 4. The minimum atomic E-state index is 0.188. The zero-order valence-electron chi connectivity index (χ0n) is 18.1. The van der Waals surface area contributed by atoms with Crippen LogP contribution in [0, 0.1) is 20.8 Å². The summed E-state index contributed by atoms with van der Waals surface area (Å²) in [6.45, 7) is 11.8. The molecule has 4 rings (SSSR count). The van der Waals surface area contributed by atoms with E-state index in [4.69, 9.17) is 19.6 Å². The van der Waals surface area contributed by atoms with E-state index in [0.717, 1.165) is 27.6 Å². The fraction of sp³-hybridized carbons (Fsp3) is 0.333. The Morgan fingerprint density at radius 3 is 2.47 bits per heavy atom. The first kappa shape index (κ1) is 20.4. The highest BCUT2D eigenvalue weighted by molar-refractivity contribution is 7.07. The average Bonchev–Trinajstić information content (AvgIpc) is 3.10. The normalized spacial score (nSPS) is 14.1. The molecule has 2 heterocycles. The van der Waals surface area contributed by atoms with E-state index in [-0.39, 0.29) is 6.04 Å². The summed E-state index contributed by atoms with van der Waals surface area (Å²) in [5.74, 6) is 1.54. The van der Waals surface area contributed by atoms with Crippen molar-refractivity contribution >= 4 is 17.6 Å². The minimum absolute atomic E-state index is 0.188. The van der Waals surface area contributed by atoms with Crippen LogP contribution in [0.4, 0.5) is 0 Å². The Labute approximate surface area is 181 Å². The molecule has 1 aromatic heterocycles. The highest BCUT2D eigenvalue weighted by atomic mass is 32.1. The molecule has 5 nitrogen and oxygen atoms in total. The summed E-state index contributed by atoms with van der Waals surface area (Å²) >= 11 is 1.61. The molecule has 0 unspecified atom stereocenters. The molecule has 0 atom stereocenters. The highest BCUT2D eigenvalue weighted by Gasteiger charge is 2.13. The van der Waals surface area contributed by atoms with Crippen LogP contribution in [-0.2, 0) is 0 Å². The van der Waals surface area contributed by atoms with E-state index in [1.54, 1.807) is 11.3 Å². The van der Waals surface area contributed by atoms with Crippen LogP contribution in [0.3, 0.4) is 0 Å². The first-order valence-corrected chi connectivity index (χ1v) is 11.1. The van der Waals surface area contributed by atoms with Crippen molar-refractivity contribution in [3.05, 3.63) is 62.8 Å². The average molecular weight is 422 g/mol. The van der Waals surface area contributed by atoms with Gasteiger partial charge in [-0.15, -0.1) is 11.3 Å². The Balaban J connectivity index is 1.79. The van der Waals surface area contributed by atoms with E-state index < -0.39 is 0 Å². The molecule has 0 saturated heterocycles. The summed E-state index contributed by atoms with van der Waals surface area (Å²) < 4.78 is 13.3. The number of hydrogen-bond acceptors (Lipinski definition) is 5. The lowest BCUT2D eigenvalue weighted by Crippen LogP contribution is -2.16. The predicted octanol–water partition coefficient (Wildman–Crippen LogP) is 5.10. The van der Waals surface area contributed by atoms with Crippen molar-refractivity contribution in [2.75, 3.05) is 13.2 Å². The molecular formula is C24H27N3O2S. The topological polar surface area (TPSA) is 48.1 Å². The Bertz CT molecular complexity index is 1170. The summed E-state index contributed by atoms with van der Waals surface area (Å²) in [7, 11) is 0. The quantitative estimate of drug-likeness (QED) is 0.550. The molecule has 0 amide bonds. The van der Waals surface area contributed by atoms with Gasteiger partial charge in [-0.1, -0.05) is 6.07 Å². The van der Waals surface area contributed by atoms with Gasteiger partial charge >= 0.3 is 0 Å². The first-order valence-electron chi connectivity index (χ1n) is 10.2. The van der Waals surface area contributed by atoms with Gasteiger partial charge in [0.05, 0.1) is 11.9 Å². The molecule has 1 aliphatic rings. The molecule has 0 fully saturated rings.